The molecule has 0 aliphatic heterocycles. The molecular formula is C20H43NO5S. The quantitative estimate of drug-likeness (QED) is 0.218. The third kappa shape index (κ3) is 33.5. The van der Waals surface area contributed by atoms with Crippen molar-refractivity contribution in [1.82, 2.24) is 5.32 Å². The molecule has 27 heavy (non-hydrogen) atoms. The van der Waals surface area contributed by atoms with Gasteiger partial charge in [-0.05, 0) is 19.9 Å². The lowest BCUT2D eigenvalue weighted by Crippen LogP contribution is -2.33. The summed E-state index contributed by atoms with van der Waals surface area (Å²) in [4.78, 5) is 21.2. The Bertz CT molecular complexity index is 292. The Kier molecular flexibility index (Phi) is 35.0. The number of carbonyl (C=O) groups excluding carboxylic acids is 2. The van der Waals surface area contributed by atoms with E-state index in [1.54, 1.807) is 6.92 Å². The molecule has 0 unspecified atom stereocenters. The third-order valence-corrected chi connectivity index (χ3v) is 3.47. The minimum absolute atomic E-state index is 0.132. The van der Waals surface area contributed by atoms with Crippen LogP contribution in [0.4, 0.5) is 0 Å². The Morgan fingerprint density at radius 3 is 1.85 bits per heavy atom. The number of Topliss-reactive ketones (excluding diaryl/α,β-unsaturated/α-hetero) is 1. The Morgan fingerprint density at radius 2 is 1.44 bits per heavy atom. The second-order valence-electron chi connectivity index (χ2n) is 5.52. The van der Waals surface area contributed by atoms with Gasteiger partial charge in [-0.25, -0.2) is 0 Å². The highest BCUT2D eigenvalue weighted by Gasteiger charge is 2.01. The van der Waals surface area contributed by atoms with Crippen LogP contribution in [0, 0.1) is 0 Å². The molecule has 0 spiro atoms. The standard InChI is InChI=1S/C14H27NO5S.C4H10.C2H6/c1-13(17)3-6-19-8-10-20-9-7-18-5-2-4-15-14(11-16)12-21;1-3-4-2;1-2/h11,14-15,21H,2-10,12H2,1H3;3-4H2,1-2H3;1-2H3/t14-;;/m1../s1. The fraction of sp³-hybridized carbons (Fsp3) is 0.900. The number of thiol groups is 1. The van der Waals surface area contributed by atoms with Gasteiger partial charge in [0, 0.05) is 18.8 Å². The average Bonchev–Trinajstić information content (AvgIpc) is 2.70. The second-order valence-corrected chi connectivity index (χ2v) is 5.89. The van der Waals surface area contributed by atoms with Crippen molar-refractivity contribution in [3.05, 3.63) is 0 Å². The van der Waals surface area contributed by atoms with Crippen molar-refractivity contribution in [3.8, 4) is 0 Å². The van der Waals surface area contributed by atoms with Crippen molar-refractivity contribution < 1.29 is 23.8 Å². The summed E-state index contributed by atoms with van der Waals surface area (Å²) in [5, 5.41) is 3.06. The minimum atomic E-state index is -0.181. The van der Waals surface area contributed by atoms with Crippen molar-refractivity contribution in [2.24, 2.45) is 0 Å². The van der Waals surface area contributed by atoms with Crippen LogP contribution < -0.4 is 5.32 Å². The van der Waals surface area contributed by atoms with Crippen LogP contribution >= 0.6 is 12.6 Å². The molecule has 164 valence electrons. The maximum absolute atomic E-state index is 10.6. The monoisotopic (exact) mass is 409 g/mol. The summed E-state index contributed by atoms with van der Waals surface area (Å²) in [6, 6.07) is -0.181. The molecular weight excluding hydrogens is 366 g/mol. The number of unbranched alkanes of at least 4 members (excludes halogenated alkanes) is 1. The fourth-order valence-corrected chi connectivity index (χ4v) is 1.59. The van der Waals surface area contributed by atoms with Crippen molar-refractivity contribution in [2.75, 3.05) is 51.9 Å². The molecule has 0 aromatic heterocycles. The first-order valence-electron chi connectivity index (χ1n) is 10.1. The topological polar surface area (TPSA) is 73.9 Å². The van der Waals surface area contributed by atoms with Crippen molar-refractivity contribution in [3.63, 3.8) is 0 Å². The minimum Gasteiger partial charge on any atom is -0.379 e. The molecule has 0 aromatic rings. The van der Waals surface area contributed by atoms with E-state index in [1.807, 2.05) is 13.8 Å². The molecule has 0 rings (SSSR count). The fourth-order valence-electron chi connectivity index (χ4n) is 1.38. The van der Waals surface area contributed by atoms with Crippen LogP contribution in [0.1, 0.15) is 60.3 Å². The molecule has 0 fully saturated rings. The highest BCUT2D eigenvalue weighted by Crippen LogP contribution is 1.88. The molecule has 1 atom stereocenters. The Morgan fingerprint density at radius 1 is 0.963 bits per heavy atom. The van der Waals surface area contributed by atoms with E-state index in [9.17, 15) is 9.59 Å². The number of aldehydes is 1. The van der Waals surface area contributed by atoms with E-state index < -0.39 is 0 Å². The summed E-state index contributed by atoms with van der Waals surface area (Å²) < 4.78 is 15.9. The molecule has 6 nitrogen and oxygen atoms in total. The van der Waals surface area contributed by atoms with Gasteiger partial charge in [-0.2, -0.15) is 12.6 Å². The number of nitrogens with one attached hydrogen (secondary N) is 1. The Labute approximate surface area is 172 Å². The smallest absolute Gasteiger partial charge is 0.137 e. The van der Waals surface area contributed by atoms with E-state index in [4.69, 9.17) is 14.2 Å². The predicted molar refractivity (Wildman–Crippen MR) is 116 cm³/mol. The van der Waals surface area contributed by atoms with E-state index >= 15 is 0 Å². The summed E-state index contributed by atoms with van der Waals surface area (Å²) in [5.74, 6) is 0.639. The number of carbonyl (C=O) groups is 2. The highest BCUT2D eigenvalue weighted by molar-refractivity contribution is 7.80. The van der Waals surface area contributed by atoms with Gasteiger partial charge in [0.1, 0.15) is 12.1 Å². The van der Waals surface area contributed by atoms with E-state index in [-0.39, 0.29) is 11.8 Å². The number of ketones is 1. The molecule has 0 saturated heterocycles. The van der Waals surface area contributed by atoms with Crippen LogP contribution in [0.25, 0.3) is 0 Å². The number of ether oxygens (including phenoxy) is 3. The lowest BCUT2D eigenvalue weighted by molar-refractivity contribution is -0.118. The molecule has 7 heteroatoms. The number of rotatable bonds is 17. The first kappa shape index (κ1) is 31.2. The molecule has 0 aromatic carbocycles. The highest BCUT2D eigenvalue weighted by atomic mass is 32.1. The number of hydrogen-bond donors (Lipinski definition) is 2. The summed E-state index contributed by atoms with van der Waals surface area (Å²) >= 11 is 4.05. The van der Waals surface area contributed by atoms with E-state index in [2.05, 4.69) is 31.8 Å². The van der Waals surface area contributed by atoms with Gasteiger partial charge in [0.25, 0.3) is 0 Å². The molecule has 0 amide bonds. The van der Waals surface area contributed by atoms with Crippen LogP contribution in [0.2, 0.25) is 0 Å². The summed E-state index contributed by atoms with van der Waals surface area (Å²) in [5.41, 5.74) is 0. The molecule has 0 aliphatic rings. The van der Waals surface area contributed by atoms with Crippen LogP contribution in [0.15, 0.2) is 0 Å². The summed E-state index contributed by atoms with van der Waals surface area (Å²) in [6.07, 6.45) is 4.79. The van der Waals surface area contributed by atoms with Gasteiger partial charge < -0.3 is 24.3 Å². The largest absolute Gasteiger partial charge is 0.379 e. The van der Waals surface area contributed by atoms with Crippen LogP contribution in [0.3, 0.4) is 0 Å². The lowest BCUT2D eigenvalue weighted by atomic mass is 10.3. The lowest BCUT2D eigenvalue weighted by Gasteiger charge is -2.10. The van der Waals surface area contributed by atoms with Gasteiger partial charge in [-0.3, -0.25) is 4.79 Å². The van der Waals surface area contributed by atoms with Crippen LogP contribution in [0.5, 0.6) is 0 Å². The predicted octanol–water partition coefficient (Wildman–Crippen LogP) is 3.32. The Balaban J connectivity index is -0.000000841. The van der Waals surface area contributed by atoms with E-state index in [1.165, 1.54) is 12.8 Å². The van der Waals surface area contributed by atoms with Gasteiger partial charge >= 0.3 is 0 Å². The zero-order valence-electron chi connectivity index (χ0n) is 18.1. The maximum atomic E-state index is 10.6. The van der Waals surface area contributed by atoms with Crippen molar-refractivity contribution in [1.29, 1.82) is 0 Å². The van der Waals surface area contributed by atoms with Crippen LogP contribution in [-0.2, 0) is 23.8 Å². The zero-order valence-corrected chi connectivity index (χ0v) is 19.0. The van der Waals surface area contributed by atoms with Crippen LogP contribution in [-0.4, -0.2) is 70.1 Å². The van der Waals surface area contributed by atoms with Gasteiger partial charge in [0.15, 0.2) is 0 Å². The normalized spacial score (nSPS) is 10.9. The average molecular weight is 410 g/mol. The van der Waals surface area contributed by atoms with E-state index in [0.717, 1.165) is 19.3 Å². The molecule has 1 N–H and O–H groups in total. The summed E-state index contributed by atoms with van der Waals surface area (Å²) in [7, 11) is 0. The molecule has 0 heterocycles. The number of hydrogen-bond acceptors (Lipinski definition) is 7. The molecule has 0 aliphatic carbocycles. The Hall–Kier alpha value is -0.470. The molecule has 0 saturated carbocycles. The van der Waals surface area contributed by atoms with Gasteiger partial charge in [0.2, 0.25) is 0 Å². The second kappa shape index (κ2) is 30.3. The maximum Gasteiger partial charge on any atom is 0.137 e. The van der Waals surface area contributed by atoms with Crippen molar-refractivity contribution in [2.45, 2.75) is 66.3 Å². The van der Waals surface area contributed by atoms with Gasteiger partial charge in [0.05, 0.1) is 39.1 Å². The zero-order chi connectivity index (χ0) is 21.2. The van der Waals surface area contributed by atoms with E-state index in [0.29, 0.717) is 51.8 Å². The summed E-state index contributed by atoms with van der Waals surface area (Å²) in [6.45, 7) is 13.8. The van der Waals surface area contributed by atoms with Gasteiger partial charge in [-0.15, -0.1) is 0 Å². The van der Waals surface area contributed by atoms with Gasteiger partial charge in [-0.1, -0.05) is 40.5 Å². The third-order valence-electron chi connectivity index (χ3n) is 3.08. The first-order valence-corrected chi connectivity index (χ1v) is 10.8. The SMILES string of the molecule is CC.CC(=O)CCOCCOCCOCCCN[C@H](C=O)CS.CCCC. The molecule has 0 radical (unpaired) electrons. The van der Waals surface area contributed by atoms with Crippen molar-refractivity contribution >= 4 is 24.7 Å². The first-order chi connectivity index (χ1) is 13.1. The molecule has 0 bridgehead atoms.